The maximum absolute atomic E-state index is 12.0. The van der Waals surface area contributed by atoms with Crippen molar-refractivity contribution >= 4 is 23.7 Å². The Balaban J connectivity index is 1.39. The van der Waals surface area contributed by atoms with Gasteiger partial charge in [-0.3, -0.25) is 10.1 Å². The minimum atomic E-state index is -0.383. The molecule has 5 nitrogen and oxygen atoms in total. The van der Waals surface area contributed by atoms with Gasteiger partial charge in [-0.15, -0.1) is 0 Å². The monoisotopic (exact) mass is 333 g/mol. The summed E-state index contributed by atoms with van der Waals surface area (Å²) < 4.78 is 0. The quantitative estimate of drug-likeness (QED) is 0.813. The number of pyridine rings is 1. The van der Waals surface area contributed by atoms with Gasteiger partial charge in [-0.25, -0.2) is 9.78 Å². The van der Waals surface area contributed by atoms with Crippen LogP contribution in [0.1, 0.15) is 32.6 Å². The van der Waals surface area contributed by atoms with Crippen molar-refractivity contribution in [2.75, 3.05) is 5.75 Å². The van der Waals surface area contributed by atoms with E-state index in [1.54, 1.807) is 6.20 Å². The van der Waals surface area contributed by atoms with E-state index in [0.29, 0.717) is 5.92 Å². The molecule has 0 aromatic carbocycles. The molecule has 1 aromatic rings. The van der Waals surface area contributed by atoms with Crippen molar-refractivity contribution in [3.8, 4) is 0 Å². The molecule has 2 bridgehead atoms. The van der Waals surface area contributed by atoms with Gasteiger partial charge >= 0.3 is 6.03 Å². The molecular weight excluding hydrogens is 310 g/mol. The summed E-state index contributed by atoms with van der Waals surface area (Å²) in [7, 11) is 0. The van der Waals surface area contributed by atoms with Gasteiger partial charge in [-0.05, 0) is 56.1 Å². The standard InChI is InChI=1S/C17H23N3O2S/c1-11(14-9-12-5-6-13(14)8-12)19-17(22)20-15(21)10-23-16-4-2-3-7-18-16/h2-4,7,11-14H,5-6,8-10H2,1H3,(H2,19,20,21,22)/t11-,12-,13-,14-/m0/s1. The summed E-state index contributed by atoms with van der Waals surface area (Å²) in [4.78, 5) is 27.9. The molecule has 1 aromatic heterocycles. The van der Waals surface area contributed by atoms with Crippen LogP contribution in [0.25, 0.3) is 0 Å². The van der Waals surface area contributed by atoms with Gasteiger partial charge in [-0.1, -0.05) is 24.2 Å². The zero-order chi connectivity index (χ0) is 16.2. The van der Waals surface area contributed by atoms with E-state index in [1.807, 2.05) is 18.2 Å². The van der Waals surface area contributed by atoms with E-state index in [-0.39, 0.29) is 23.7 Å². The molecule has 2 N–H and O–H groups in total. The van der Waals surface area contributed by atoms with Gasteiger partial charge in [0.05, 0.1) is 10.8 Å². The van der Waals surface area contributed by atoms with Gasteiger partial charge in [0.1, 0.15) is 0 Å². The van der Waals surface area contributed by atoms with E-state index in [4.69, 9.17) is 0 Å². The molecule has 2 aliphatic carbocycles. The van der Waals surface area contributed by atoms with E-state index in [1.165, 1.54) is 37.4 Å². The predicted octanol–water partition coefficient (Wildman–Crippen LogP) is 2.82. The maximum atomic E-state index is 12.0. The van der Waals surface area contributed by atoms with E-state index < -0.39 is 0 Å². The van der Waals surface area contributed by atoms with Crippen molar-refractivity contribution in [3.05, 3.63) is 24.4 Å². The number of urea groups is 1. The summed E-state index contributed by atoms with van der Waals surface area (Å²) in [6.45, 7) is 2.05. The fourth-order valence-corrected chi connectivity index (χ4v) is 4.65. The normalized spacial score (nSPS) is 26.7. The molecule has 0 aliphatic heterocycles. The van der Waals surface area contributed by atoms with Gasteiger partial charge in [0.2, 0.25) is 5.91 Å². The average Bonchev–Trinajstić information content (AvgIpc) is 3.17. The zero-order valence-corrected chi connectivity index (χ0v) is 14.1. The number of hydrogen-bond acceptors (Lipinski definition) is 4. The highest BCUT2D eigenvalue weighted by molar-refractivity contribution is 7.99. The molecule has 6 heteroatoms. The van der Waals surface area contributed by atoms with E-state index in [0.717, 1.165) is 16.9 Å². The van der Waals surface area contributed by atoms with Crippen molar-refractivity contribution in [1.29, 1.82) is 0 Å². The summed E-state index contributed by atoms with van der Waals surface area (Å²) >= 11 is 1.32. The van der Waals surface area contributed by atoms with Crippen LogP contribution in [0.3, 0.4) is 0 Å². The maximum Gasteiger partial charge on any atom is 0.321 e. The van der Waals surface area contributed by atoms with Crippen LogP contribution in [0.2, 0.25) is 0 Å². The Morgan fingerprint density at radius 3 is 2.87 bits per heavy atom. The van der Waals surface area contributed by atoms with Crippen molar-refractivity contribution in [3.63, 3.8) is 0 Å². The molecule has 23 heavy (non-hydrogen) atoms. The number of aromatic nitrogens is 1. The fourth-order valence-electron chi connectivity index (χ4n) is 3.99. The van der Waals surface area contributed by atoms with Gasteiger partial charge in [-0.2, -0.15) is 0 Å². The van der Waals surface area contributed by atoms with Crippen LogP contribution in [-0.2, 0) is 4.79 Å². The molecular formula is C17H23N3O2S. The molecule has 0 unspecified atom stereocenters. The van der Waals surface area contributed by atoms with Crippen LogP contribution in [0.4, 0.5) is 4.79 Å². The number of imide groups is 1. The second-order valence-electron chi connectivity index (χ2n) is 6.61. The highest BCUT2D eigenvalue weighted by Gasteiger charge is 2.42. The first-order valence-corrected chi connectivity index (χ1v) is 9.24. The minimum absolute atomic E-state index is 0.126. The SMILES string of the molecule is C[C@H](NC(=O)NC(=O)CSc1ccccn1)[C@@H]1C[C@H]2CC[C@H]1C2. The lowest BCUT2D eigenvalue weighted by atomic mass is 9.84. The topological polar surface area (TPSA) is 71.1 Å². The molecule has 0 saturated heterocycles. The third kappa shape index (κ3) is 4.25. The molecule has 0 radical (unpaired) electrons. The first-order chi connectivity index (χ1) is 11.1. The van der Waals surface area contributed by atoms with Crippen molar-refractivity contribution in [2.45, 2.75) is 43.7 Å². The highest BCUT2D eigenvalue weighted by atomic mass is 32.2. The number of amides is 3. The lowest BCUT2D eigenvalue weighted by Crippen LogP contribution is -2.47. The smallest absolute Gasteiger partial charge is 0.321 e. The molecule has 0 spiro atoms. The van der Waals surface area contributed by atoms with Crippen LogP contribution in [0.15, 0.2) is 29.4 Å². The van der Waals surface area contributed by atoms with Crippen LogP contribution >= 0.6 is 11.8 Å². The number of carbonyl (C=O) groups excluding carboxylic acids is 2. The van der Waals surface area contributed by atoms with Crippen molar-refractivity contribution < 1.29 is 9.59 Å². The first kappa shape index (κ1) is 16.3. The van der Waals surface area contributed by atoms with Gasteiger partial charge in [0.15, 0.2) is 0 Å². The second-order valence-corrected chi connectivity index (χ2v) is 7.60. The van der Waals surface area contributed by atoms with Crippen LogP contribution in [0.5, 0.6) is 0 Å². The predicted molar refractivity (Wildman–Crippen MR) is 90.0 cm³/mol. The molecule has 2 aliphatic rings. The molecule has 2 fully saturated rings. The summed E-state index contributed by atoms with van der Waals surface area (Å²) in [6.07, 6.45) is 6.86. The summed E-state index contributed by atoms with van der Waals surface area (Å²) in [5, 5.41) is 6.13. The number of nitrogens with zero attached hydrogens (tertiary/aromatic N) is 1. The fraction of sp³-hybridized carbons (Fsp3) is 0.588. The Morgan fingerprint density at radius 1 is 1.35 bits per heavy atom. The zero-order valence-electron chi connectivity index (χ0n) is 13.3. The molecule has 2 saturated carbocycles. The minimum Gasteiger partial charge on any atom is -0.335 e. The van der Waals surface area contributed by atoms with Crippen molar-refractivity contribution in [1.82, 2.24) is 15.6 Å². The molecule has 1 heterocycles. The summed E-state index contributed by atoms with van der Waals surface area (Å²) in [5.74, 6) is 2.07. The van der Waals surface area contributed by atoms with Gasteiger partial charge in [0.25, 0.3) is 0 Å². The first-order valence-electron chi connectivity index (χ1n) is 8.26. The Labute approximate surface area is 141 Å². The Kier molecular flexibility index (Phi) is 5.20. The average molecular weight is 333 g/mol. The highest BCUT2D eigenvalue weighted by Crippen LogP contribution is 2.49. The number of thioether (sulfide) groups is 1. The third-order valence-corrected chi connectivity index (χ3v) is 5.98. The number of nitrogens with one attached hydrogen (secondary N) is 2. The molecule has 3 amide bonds. The number of rotatable bonds is 5. The second kappa shape index (κ2) is 7.34. The van der Waals surface area contributed by atoms with Gasteiger partial charge in [0, 0.05) is 12.2 Å². The Morgan fingerprint density at radius 2 is 2.22 bits per heavy atom. The Hall–Kier alpha value is -1.56. The van der Waals surface area contributed by atoms with Gasteiger partial charge < -0.3 is 5.32 Å². The lowest BCUT2D eigenvalue weighted by Gasteiger charge is -2.28. The summed E-state index contributed by atoms with van der Waals surface area (Å²) in [6, 6.07) is 5.29. The van der Waals surface area contributed by atoms with Crippen molar-refractivity contribution in [2.24, 2.45) is 17.8 Å². The van der Waals surface area contributed by atoms with E-state index >= 15 is 0 Å². The number of fused-ring (bicyclic) bond motifs is 2. The van der Waals surface area contributed by atoms with Crippen LogP contribution < -0.4 is 10.6 Å². The van der Waals surface area contributed by atoms with E-state index in [9.17, 15) is 9.59 Å². The largest absolute Gasteiger partial charge is 0.335 e. The van der Waals surface area contributed by atoms with E-state index in [2.05, 4.69) is 22.5 Å². The molecule has 124 valence electrons. The van der Waals surface area contributed by atoms with Crippen LogP contribution in [0, 0.1) is 17.8 Å². The third-order valence-electron chi connectivity index (χ3n) is 5.04. The molecule has 3 rings (SSSR count). The lowest BCUT2D eigenvalue weighted by molar-refractivity contribution is -0.117. The summed E-state index contributed by atoms with van der Waals surface area (Å²) in [5.41, 5.74) is 0. The molecule has 4 atom stereocenters. The number of carbonyl (C=O) groups is 2. The van der Waals surface area contributed by atoms with Crippen LogP contribution in [-0.4, -0.2) is 28.7 Å². The number of hydrogen-bond donors (Lipinski definition) is 2. The Bertz CT molecular complexity index is 566.